The van der Waals surface area contributed by atoms with Gasteiger partial charge in [0.2, 0.25) is 0 Å². The first kappa shape index (κ1) is 15.6. The van der Waals surface area contributed by atoms with Crippen molar-refractivity contribution in [3.8, 4) is 0 Å². The third-order valence-electron chi connectivity index (χ3n) is 4.41. The van der Waals surface area contributed by atoms with Crippen molar-refractivity contribution in [1.29, 1.82) is 0 Å². The Morgan fingerprint density at radius 3 is 2.80 bits per heavy atom. The Morgan fingerprint density at radius 2 is 2.15 bits per heavy atom. The molecule has 1 aromatic heterocycles. The lowest BCUT2D eigenvalue weighted by molar-refractivity contribution is 0.121. The number of piperidine rings is 1. The van der Waals surface area contributed by atoms with Gasteiger partial charge >= 0.3 is 0 Å². The van der Waals surface area contributed by atoms with E-state index in [2.05, 4.69) is 50.9 Å². The minimum atomic E-state index is 0.493. The molecule has 20 heavy (non-hydrogen) atoms. The zero-order valence-electron chi connectivity index (χ0n) is 13.7. The topological polar surface area (TPSA) is 28.4 Å². The van der Waals surface area contributed by atoms with Gasteiger partial charge in [0.25, 0.3) is 0 Å². The van der Waals surface area contributed by atoms with E-state index in [9.17, 15) is 0 Å². The van der Waals surface area contributed by atoms with Crippen LogP contribution in [-0.2, 0) is 13.1 Å². The fourth-order valence-corrected chi connectivity index (χ4v) is 3.05. The highest BCUT2D eigenvalue weighted by molar-refractivity contribution is 5.21. The van der Waals surface area contributed by atoms with Crippen LogP contribution in [0.25, 0.3) is 0 Å². The minimum Gasteiger partial charge on any atom is -0.465 e. The highest BCUT2D eigenvalue weighted by Gasteiger charge is 2.23. The summed E-state index contributed by atoms with van der Waals surface area (Å²) in [6.07, 6.45) is 2.64. The number of nitrogens with zero attached hydrogens (tertiary/aromatic N) is 1. The first-order valence-corrected chi connectivity index (χ1v) is 8.01. The number of hydrogen-bond acceptors (Lipinski definition) is 3. The molecule has 2 rings (SSSR count). The monoisotopic (exact) mass is 278 g/mol. The molecule has 1 aliphatic rings. The van der Waals surface area contributed by atoms with Gasteiger partial charge in [-0.2, -0.15) is 0 Å². The third kappa shape index (κ3) is 4.10. The Labute approximate surface area is 123 Å². The summed E-state index contributed by atoms with van der Waals surface area (Å²) in [4.78, 5) is 2.59. The van der Waals surface area contributed by atoms with Gasteiger partial charge in [0.15, 0.2) is 0 Å². The van der Waals surface area contributed by atoms with E-state index in [4.69, 9.17) is 4.42 Å². The molecule has 2 atom stereocenters. The van der Waals surface area contributed by atoms with Crippen molar-refractivity contribution in [2.24, 2.45) is 5.92 Å². The zero-order chi connectivity index (χ0) is 14.7. The average molecular weight is 278 g/mol. The molecule has 1 aromatic rings. The molecule has 1 aliphatic heterocycles. The predicted octanol–water partition coefficient (Wildman–Crippen LogP) is 3.71. The van der Waals surface area contributed by atoms with Crippen molar-refractivity contribution in [3.05, 3.63) is 23.2 Å². The zero-order valence-corrected chi connectivity index (χ0v) is 13.7. The van der Waals surface area contributed by atoms with Gasteiger partial charge in [0.1, 0.15) is 11.5 Å². The van der Waals surface area contributed by atoms with Gasteiger partial charge in [-0.05, 0) is 45.2 Å². The van der Waals surface area contributed by atoms with Gasteiger partial charge in [0.05, 0.1) is 6.54 Å². The van der Waals surface area contributed by atoms with Crippen LogP contribution in [0, 0.1) is 12.8 Å². The average Bonchev–Trinajstić information content (AvgIpc) is 2.71. The maximum atomic E-state index is 5.87. The van der Waals surface area contributed by atoms with Gasteiger partial charge in [0, 0.05) is 24.2 Å². The second-order valence-electron chi connectivity index (χ2n) is 6.78. The van der Waals surface area contributed by atoms with Crippen LogP contribution in [-0.4, -0.2) is 23.5 Å². The molecule has 0 amide bonds. The molecule has 3 heteroatoms. The maximum absolute atomic E-state index is 5.87. The van der Waals surface area contributed by atoms with Crippen LogP contribution in [0.5, 0.6) is 0 Å². The van der Waals surface area contributed by atoms with Crippen molar-refractivity contribution in [1.82, 2.24) is 10.2 Å². The summed E-state index contributed by atoms with van der Waals surface area (Å²) in [6.45, 7) is 14.2. The van der Waals surface area contributed by atoms with Crippen LogP contribution < -0.4 is 5.32 Å². The van der Waals surface area contributed by atoms with E-state index in [1.807, 2.05) is 0 Å². The number of hydrogen-bond donors (Lipinski definition) is 1. The van der Waals surface area contributed by atoms with Gasteiger partial charge < -0.3 is 9.73 Å². The minimum absolute atomic E-state index is 0.493. The van der Waals surface area contributed by atoms with E-state index in [1.54, 1.807) is 0 Å². The molecule has 0 aliphatic carbocycles. The molecule has 1 N–H and O–H groups in total. The summed E-state index contributed by atoms with van der Waals surface area (Å²) < 4.78 is 5.87. The lowest BCUT2D eigenvalue weighted by Gasteiger charge is -2.36. The molecule has 0 saturated carbocycles. The largest absolute Gasteiger partial charge is 0.465 e. The van der Waals surface area contributed by atoms with Gasteiger partial charge in [-0.1, -0.05) is 20.8 Å². The quantitative estimate of drug-likeness (QED) is 0.890. The fraction of sp³-hybridized carbons (Fsp3) is 0.765. The summed E-state index contributed by atoms with van der Waals surface area (Å²) in [5.74, 6) is 3.01. The van der Waals surface area contributed by atoms with Crippen LogP contribution >= 0.6 is 0 Å². The van der Waals surface area contributed by atoms with Crippen molar-refractivity contribution in [2.45, 2.75) is 72.6 Å². The second kappa shape index (κ2) is 6.77. The summed E-state index contributed by atoms with van der Waals surface area (Å²) in [6, 6.07) is 3.41. The first-order chi connectivity index (χ1) is 9.45. The Bertz CT molecular complexity index is 425. The molecule has 1 saturated heterocycles. The van der Waals surface area contributed by atoms with E-state index in [0.29, 0.717) is 12.1 Å². The fourth-order valence-electron chi connectivity index (χ4n) is 3.05. The molecule has 114 valence electrons. The molecular formula is C17H30N2O. The Kier molecular flexibility index (Phi) is 5.28. The van der Waals surface area contributed by atoms with Crippen LogP contribution in [0.15, 0.2) is 10.5 Å². The van der Waals surface area contributed by atoms with Gasteiger partial charge in [-0.3, -0.25) is 4.90 Å². The van der Waals surface area contributed by atoms with Gasteiger partial charge in [-0.25, -0.2) is 0 Å². The highest BCUT2D eigenvalue weighted by atomic mass is 16.3. The molecule has 2 heterocycles. The first-order valence-electron chi connectivity index (χ1n) is 8.01. The summed E-state index contributed by atoms with van der Waals surface area (Å²) >= 11 is 0. The molecular weight excluding hydrogens is 248 g/mol. The highest BCUT2D eigenvalue weighted by Crippen LogP contribution is 2.25. The Balaban J connectivity index is 1.95. The lowest BCUT2D eigenvalue weighted by Crippen LogP contribution is -2.39. The van der Waals surface area contributed by atoms with Crippen LogP contribution in [0.2, 0.25) is 0 Å². The van der Waals surface area contributed by atoms with Crippen LogP contribution in [0.3, 0.4) is 0 Å². The molecule has 3 nitrogen and oxygen atoms in total. The van der Waals surface area contributed by atoms with Crippen molar-refractivity contribution in [3.63, 3.8) is 0 Å². The number of furan rings is 1. The Hall–Kier alpha value is -0.800. The second-order valence-corrected chi connectivity index (χ2v) is 6.78. The van der Waals surface area contributed by atoms with Crippen molar-refractivity contribution < 1.29 is 4.42 Å². The number of rotatable bonds is 5. The summed E-state index contributed by atoms with van der Waals surface area (Å²) in [5, 5.41) is 3.41. The number of likely N-dealkylation sites (tertiary alicyclic amines) is 1. The van der Waals surface area contributed by atoms with Crippen molar-refractivity contribution >= 4 is 0 Å². The summed E-state index contributed by atoms with van der Waals surface area (Å²) in [7, 11) is 0. The van der Waals surface area contributed by atoms with E-state index in [-0.39, 0.29) is 0 Å². The lowest BCUT2D eigenvalue weighted by atomic mass is 9.93. The molecule has 0 aromatic carbocycles. The molecule has 1 fully saturated rings. The van der Waals surface area contributed by atoms with Crippen LogP contribution in [0.1, 0.15) is 57.6 Å². The van der Waals surface area contributed by atoms with Crippen LogP contribution in [0.4, 0.5) is 0 Å². The summed E-state index contributed by atoms with van der Waals surface area (Å²) in [5.41, 5.74) is 1.35. The normalized spacial score (nSPS) is 24.5. The van der Waals surface area contributed by atoms with Crippen molar-refractivity contribution in [2.75, 3.05) is 6.54 Å². The van der Waals surface area contributed by atoms with E-state index < -0.39 is 0 Å². The molecule has 0 radical (unpaired) electrons. The number of nitrogens with one attached hydrogen (secondary N) is 1. The molecule has 0 bridgehead atoms. The standard InChI is InChI=1S/C17H30N2O/c1-12(2)18-10-17-9-16(15(5)20-17)11-19-7-6-13(3)8-14(19)4/h9,12-14,18H,6-8,10-11H2,1-5H3. The van der Waals surface area contributed by atoms with E-state index in [0.717, 1.165) is 30.5 Å². The Morgan fingerprint density at radius 1 is 1.40 bits per heavy atom. The SMILES string of the molecule is Cc1oc(CNC(C)C)cc1CN1CCC(C)CC1C. The van der Waals surface area contributed by atoms with E-state index in [1.165, 1.54) is 24.9 Å². The number of aryl methyl sites for hydroxylation is 1. The third-order valence-corrected chi connectivity index (χ3v) is 4.41. The predicted molar refractivity (Wildman–Crippen MR) is 83.7 cm³/mol. The van der Waals surface area contributed by atoms with E-state index >= 15 is 0 Å². The maximum Gasteiger partial charge on any atom is 0.118 e. The molecule has 0 spiro atoms. The van der Waals surface area contributed by atoms with Gasteiger partial charge in [-0.15, -0.1) is 0 Å². The smallest absolute Gasteiger partial charge is 0.118 e. The molecule has 2 unspecified atom stereocenters.